The average Bonchev–Trinajstić information content (AvgIpc) is 2.94. The van der Waals surface area contributed by atoms with Gasteiger partial charge >= 0.3 is 5.97 Å². The number of hydrogen-bond acceptors (Lipinski definition) is 5. The number of nitrogens with two attached hydrogens (primary N) is 1. The minimum absolute atomic E-state index is 0.00748. The van der Waals surface area contributed by atoms with Crippen molar-refractivity contribution in [1.82, 2.24) is 4.98 Å². The van der Waals surface area contributed by atoms with Crippen LogP contribution in [-0.2, 0) is 14.8 Å². The lowest BCUT2D eigenvalue weighted by Gasteiger charge is -2.08. The molecule has 0 saturated carbocycles. The van der Waals surface area contributed by atoms with Crippen molar-refractivity contribution in [2.24, 2.45) is 5.14 Å². The summed E-state index contributed by atoms with van der Waals surface area (Å²) in [6, 6.07) is 11.4. The second-order valence-corrected chi connectivity index (χ2v) is 7.73. The first-order chi connectivity index (χ1) is 12.7. The van der Waals surface area contributed by atoms with E-state index in [0.717, 1.165) is 17.0 Å². The Kier molecular flexibility index (Phi) is 4.86. The quantitative estimate of drug-likeness (QED) is 0.516. The number of Topliss-reactive ketones (excluding diaryl/α,β-unsaturated/α-hetero) is 1. The van der Waals surface area contributed by atoms with Crippen LogP contribution in [0.5, 0.6) is 0 Å². The molecule has 1 heterocycles. The van der Waals surface area contributed by atoms with Gasteiger partial charge in [0.05, 0.1) is 10.5 Å². The highest BCUT2D eigenvalue weighted by Crippen LogP contribution is 2.22. The molecule has 0 aliphatic rings. The fourth-order valence-corrected chi connectivity index (χ4v) is 3.76. The van der Waals surface area contributed by atoms with E-state index in [1.54, 1.807) is 13.8 Å². The molecule has 1 aromatic heterocycles. The van der Waals surface area contributed by atoms with Gasteiger partial charge in [0.15, 0.2) is 6.61 Å². The zero-order chi connectivity index (χ0) is 19.8. The van der Waals surface area contributed by atoms with Gasteiger partial charge in [-0.05, 0) is 37.6 Å². The first kappa shape index (κ1) is 18.8. The van der Waals surface area contributed by atoms with Gasteiger partial charge in [0.1, 0.15) is 0 Å². The number of nitrogens with one attached hydrogen (secondary N) is 1. The minimum atomic E-state index is -3.97. The summed E-state index contributed by atoms with van der Waals surface area (Å²) in [7, 11) is -3.97. The Labute approximate surface area is 156 Å². The Morgan fingerprint density at radius 1 is 1.11 bits per heavy atom. The second kappa shape index (κ2) is 6.98. The third-order valence-corrected chi connectivity index (χ3v) is 5.29. The van der Waals surface area contributed by atoms with Crippen LogP contribution in [0.2, 0.25) is 0 Å². The van der Waals surface area contributed by atoms with Gasteiger partial charge in [-0.25, -0.2) is 18.4 Å². The molecule has 0 amide bonds. The predicted molar refractivity (Wildman–Crippen MR) is 100 cm³/mol. The van der Waals surface area contributed by atoms with Crippen molar-refractivity contribution < 1.29 is 22.7 Å². The van der Waals surface area contributed by atoms with Crippen LogP contribution in [0.1, 0.15) is 32.0 Å². The molecule has 3 N–H and O–H groups in total. The molecule has 27 heavy (non-hydrogen) atoms. The molecule has 0 radical (unpaired) electrons. The smallest absolute Gasteiger partial charge is 0.338 e. The number of aryl methyl sites for hydroxylation is 2. The summed E-state index contributed by atoms with van der Waals surface area (Å²) < 4.78 is 28.2. The van der Waals surface area contributed by atoms with E-state index >= 15 is 0 Å². The zero-order valence-electron chi connectivity index (χ0n) is 14.8. The van der Waals surface area contributed by atoms with Crippen LogP contribution in [0.3, 0.4) is 0 Å². The molecule has 0 aliphatic heterocycles. The van der Waals surface area contributed by atoms with E-state index in [-0.39, 0.29) is 16.2 Å². The molecule has 0 unspecified atom stereocenters. The summed E-state index contributed by atoms with van der Waals surface area (Å²) in [5.41, 5.74) is 2.39. The van der Waals surface area contributed by atoms with E-state index in [1.807, 2.05) is 24.3 Å². The highest BCUT2D eigenvalue weighted by molar-refractivity contribution is 7.89. The van der Waals surface area contributed by atoms with Gasteiger partial charge in [-0.15, -0.1) is 0 Å². The molecular weight excluding hydrogens is 368 g/mol. The molecule has 0 aliphatic carbocycles. The van der Waals surface area contributed by atoms with Crippen LogP contribution >= 0.6 is 0 Å². The third kappa shape index (κ3) is 3.76. The number of hydrogen-bond donors (Lipinski definition) is 2. The fraction of sp³-hybridized carbons (Fsp3) is 0.158. The number of fused-ring (bicyclic) bond motifs is 1. The molecule has 3 aromatic rings. The number of rotatable bonds is 5. The average molecular weight is 386 g/mol. The third-order valence-electron chi connectivity index (χ3n) is 4.24. The molecule has 140 valence electrons. The van der Waals surface area contributed by atoms with Gasteiger partial charge in [-0.1, -0.05) is 24.3 Å². The molecule has 8 heteroatoms. The normalized spacial score (nSPS) is 11.5. The number of carbonyl (C=O) groups excluding carboxylic acids is 2. The van der Waals surface area contributed by atoms with Gasteiger partial charge in [-0.3, -0.25) is 4.79 Å². The summed E-state index contributed by atoms with van der Waals surface area (Å²) in [5.74, 6) is -1.15. The van der Waals surface area contributed by atoms with Crippen LogP contribution in [-0.4, -0.2) is 31.8 Å². The standard InChI is InChI=1S/C19H18N2O5S/c1-11-7-8-13(9-17(11)27(20,24)25)19(23)26-10-16(22)18-12(2)21-15-6-4-3-5-14(15)18/h3-9,21H,10H2,1-2H3,(H2,20,24,25). The lowest BCUT2D eigenvalue weighted by atomic mass is 10.1. The highest BCUT2D eigenvalue weighted by atomic mass is 32.2. The van der Waals surface area contributed by atoms with E-state index in [2.05, 4.69) is 4.98 Å². The Morgan fingerprint density at radius 3 is 2.52 bits per heavy atom. The molecule has 2 aromatic carbocycles. The largest absolute Gasteiger partial charge is 0.454 e. The lowest BCUT2D eigenvalue weighted by Crippen LogP contribution is -2.17. The number of aromatic amines is 1. The van der Waals surface area contributed by atoms with E-state index in [9.17, 15) is 18.0 Å². The van der Waals surface area contributed by atoms with Crippen molar-refractivity contribution in [3.8, 4) is 0 Å². The molecule has 0 spiro atoms. The summed E-state index contributed by atoms with van der Waals surface area (Å²) in [6.07, 6.45) is 0. The van der Waals surface area contributed by atoms with Crippen LogP contribution in [0.4, 0.5) is 0 Å². The van der Waals surface area contributed by atoms with Gasteiger partial charge < -0.3 is 9.72 Å². The van der Waals surface area contributed by atoms with E-state index in [0.29, 0.717) is 16.8 Å². The molecule has 7 nitrogen and oxygen atoms in total. The molecule has 0 fully saturated rings. The molecule has 0 bridgehead atoms. The number of benzene rings is 2. The van der Waals surface area contributed by atoms with Crippen molar-refractivity contribution in [2.45, 2.75) is 18.7 Å². The summed E-state index contributed by atoms with van der Waals surface area (Å²) in [4.78, 5) is 27.7. The maximum atomic E-state index is 12.5. The topological polar surface area (TPSA) is 119 Å². The molecular formula is C19H18N2O5S. The Morgan fingerprint density at radius 2 is 1.81 bits per heavy atom. The Hall–Kier alpha value is -2.97. The van der Waals surface area contributed by atoms with Crippen LogP contribution in [0.25, 0.3) is 10.9 Å². The highest BCUT2D eigenvalue weighted by Gasteiger charge is 2.20. The monoisotopic (exact) mass is 386 g/mol. The van der Waals surface area contributed by atoms with E-state index in [4.69, 9.17) is 9.88 Å². The minimum Gasteiger partial charge on any atom is -0.454 e. The zero-order valence-corrected chi connectivity index (χ0v) is 15.6. The van der Waals surface area contributed by atoms with Crippen molar-refractivity contribution >= 4 is 32.7 Å². The van der Waals surface area contributed by atoms with Crippen LogP contribution in [0, 0.1) is 13.8 Å². The molecule has 0 saturated heterocycles. The van der Waals surface area contributed by atoms with Crippen molar-refractivity contribution in [3.05, 3.63) is 64.8 Å². The first-order valence-electron chi connectivity index (χ1n) is 8.09. The summed E-state index contributed by atoms with van der Waals surface area (Å²) in [5, 5.41) is 5.90. The number of H-pyrrole nitrogens is 1. The predicted octanol–water partition coefficient (Wildman–Crippen LogP) is 2.47. The van der Waals surface area contributed by atoms with E-state index in [1.165, 1.54) is 12.1 Å². The number of aromatic nitrogens is 1. The van der Waals surface area contributed by atoms with Gasteiger partial charge in [0, 0.05) is 22.2 Å². The number of sulfonamides is 1. The van der Waals surface area contributed by atoms with Crippen LogP contribution < -0.4 is 5.14 Å². The fourth-order valence-electron chi connectivity index (χ4n) is 2.96. The number of ether oxygens (including phenoxy) is 1. The van der Waals surface area contributed by atoms with E-state index < -0.39 is 22.6 Å². The lowest BCUT2D eigenvalue weighted by molar-refractivity contribution is 0.0474. The molecule has 3 rings (SSSR count). The maximum absolute atomic E-state index is 12.5. The van der Waals surface area contributed by atoms with Gasteiger partial charge in [0.2, 0.25) is 15.8 Å². The molecule has 0 atom stereocenters. The number of primary sulfonamides is 1. The number of esters is 1. The van der Waals surface area contributed by atoms with Crippen molar-refractivity contribution in [2.75, 3.05) is 6.61 Å². The number of para-hydroxylation sites is 1. The second-order valence-electron chi connectivity index (χ2n) is 6.20. The summed E-state index contributed by atoms with van der Waals surface area (Å²) >= 11 is 0. The number of carbonyl (C=O) groups is 2. The van der Waals surface area contributed by atoms with Crippen molar-refractivity contribution in [3.63, 3.8) is 0 Å². The Balaban J connectivity index is 1.80. The SMILES string of the molecule is Cc1ccc(C(=O)OCC(=O)c2c(C)[nH]c3ccccc23)cc1S(N)(=O)=O. The van der Waals surface area contributed by atoms with Gasteiger partial charge in [0.25, 0.3) is 0 Å². The van der Waals surface area contributed by atoms with Crippen molar-refractivity contribution in [1.29, 1.82) is 0 Å². The first-order valence-corrected chi connectivity index (χ1v) is 9.64. The van der Waals surface area contributed by atoms with Crippen LogP contribution in [0.15, 0.2) is 47.4 Å². The Bertz CT molecular complexity index is 1160. The number of ketones is 1. The van der Waals surface area contributed by atoms with Gasteiger partial charge in [-0.2, -0.15) is 0 Å². The maximum Gasteiger partial charge on any atom is 0.338 e. The summed E-state index contributed by atoms with van der Waals surface area (Å²) in [6.45, 7) is 2.88.